The number of methoxy groups -OCH3 is 1. The first-order valence-electron chi connectivity index (χ1n) is 8.99. The Morgan fingerprint density at radius 3 is 2.74 bits per heavy atom. The van der Waals surface area contributed by atoms with Gasteiger partial charge in [-0.25, -0.2) is 9.59 Å². The van der Waals surface area contributed by atoms with E-state index in [1.807, 2.05) is 10.6 Å². The van der Waals surface area contributed by atoms with Crippen molar-refractivity contribution in [3.63, 3.8) is 0 Å². The molecule has 0 aliphatic carbocycles. The number of carbonyl (C=O) groups excluding carboxylic acids is 2. The smallest absolute Gasteiger partial charge is 0.337 e. The zero-order valence-electron chi connectivity index (χ0n) is 15.1. The van der Waals surface area contributed by atoms with Crippen LogP contribution >= 0.6 is 0 Å². The van der Waals surface area contributed by atoms with Gasteiger partial charge in [0.15, 0.2) is 0 Å². The summed E-state index contributed by atoms with van der Waals surface area (Å²) >= 11 is 0. The molecule has 7 heteroatoms. The fourth-order valence-electron chi connectivity index (χ4n) is 4.11. The topological polar surface area (TPSA) is 80.6 Å². The predicted molar refractivity (Wildman–Crippen MR) is 99.9 cm³/mol. The molecule has 0 saturated carbocycles. The van der Waals surface area contributed by atoms with Crippen LogP contribution in [0.2, 0.25) is 0 Å². The van der Waals surface area contributed by atoms with Crippen molar-refractivity contribution in [1.82, 2.24) is 9.47 Å². The molecule has 140 valence electrons. The van der Waals surface area contributed by atoms with Crippen molar-refractivity contribution < 1.29 is 14.3 Å². The molecule has 1 saturated heterocycles. The molecule has 1 aromatic heterocycles. The Labute approximate surface area is 156 Å². The van der Waals surface area contributed by atoms with Gasteiger partial charge in [-0.05, 0) is 36.6 Å². The van der Waals surface area contributed by atoms with Gasteiger partial charge in [0, 0.05) is 43.0 Å². The van der Waals surface area contributed by atoms with Crippen LogP contribution in [0.15, 0.2) is 47.3 Å². The second kappa shape index (κ2) is 6.90. The van der Waals surface area contributed by atoms with E-state index < -0.39 is 5.97 Å². The number of nitrogens with one attached hydrogen (secondary N) is 1. The normalized spacial score (nSPS) is 20.6. The van der Waals surface area contributed by atoms with E-state index in [0.717, 1.165) is 12.1 Å². The number of piperidine rings is 1. The highest BCUT2D eigenvalue weighted by molar-refractivity contribution is 5.94. The van der Waals surface area contributed by atoms with Crippen molar-refractivity contribution in [1.29, 1.82) is 0 Å². The molecule has 1 aromatic carbocycles. The summed E-state index contributed by atoms with van der Waals surface area (Å²) in [5, 5.41) is 2.87. The van der Waals surface area contributed by atoms with E-state index in [9.17, 15) is 14.4 Å². The average Bonchev–Trinajstić information content (AvgIpc) is 2.68. The molecule has 2 aliphatic heterocycles. The molecular formula is C20H21N3O4. The van der Waals surface area contributed by atoms with Gasteiger partial charge in [0.2, 0.25) is 0 Å². The lowest BCUT2D eigenvalue weighted by molar-refractivity contribution is 0.0600. The van der Waals surface area contributed by atoms with Crippen LogP contribution in [0.4, 0.5) is 10.5 Å². The van der Waals surface area contributed by atoms with Gasteiger partial charge in [-0.15, -0.1) is 0 Å². The molecule has 27 heavy (non-hydrogen) atoms. The lowest BCUT2D eigenvalue weighted by Gasteiger charge is -2.42. The Morgan fingerprint density at radius 2 is 1.93 bits per heavy atom. The highest BCUT2D eigenvalue weighted by Gasteiger charge is 2.36. The van der Waals surface area contributed by atoms with Crippen LogP contribution in [0.5, 0.6) is 0 Å². The summed E-state index contributed by atoms with van der Waals surface area (Å²) in [5.41, 5.74) is 1.97. The average molecular weight is 367 g/mol. The van der Waals surface area contributed by atoms with Crippen molar-refractivity contribution in [3.8, 4) is 0 Å². The lowest BCUT2D eigenvalue weighted by Crippen LogP contribution is -2.50. The third-order valence-corrected chi connectivity index (χ3v) is 5.30. The number of nitrogens with zero attached hydrogens (tertiary/aromatic N) is 2. The summed E-state index contributed by atoms with van der Waals surface area (Å²) in [6.45, 7) is 1.83. The van der Waals surface area contributed by atoms with Gasteiger partial charge in [0.25, 0.3) is 5.56 Å². The molecule has 0 unspecified atom stereocenters. The fraction of sp³-hybridized carbons (Fsp3) is 0.350. The van der Waals surface area contributed by atoms with Crippen molar-refractivity contribution in [2.45, 2.75) is 18.9 Å². The molecule has 2 bridgehead atoms. The number of likely N-dealkylation sites (tertiary alicyclic amines) is 1. The second-order valence-corrected chi connectivity index (χ2v) is 7.11. The number of carbonyl (C=O) groups is 2. The number of ether oxygens (including phenoxy) is 1. The second-order valence-electron chi connectivity index (χ2n) is 7.11. The highest BCUT2D eigenvalue weighted by atomic mass is 16.5. The number of anilines is 1. The summed E-state index contributed by atoms with van der Waals surface area (Å²) in [7, 11) is 1.32. The molecule has 2 aromatic rings. The molecular weight excluding hydrogens is 346 g/mol. The summed E-state index contributed by atoms with van der Waals surface area (Å²) in [6, 6.07) is 11.8. The van der Waals surface area contributed by atoms with Gasteiger partial charge in [-0.3, -0.25) is 4.79 Å². The van der Waals surface area contributed by atoms with Crippen LogP contribution in [-0.4, -0.2) is 41.7 Å². The summed E-state index contributed by atoms with van der Waals surface area (Å²) < 4.78 is 6.56. The number of amides is 2. The molecule has 2 amide bonds. The van der Waals surface area contributed by atoms with E-state index in [4.69, 9.17) is 4.74 Å². The third-order valence-electron chi connectivity index (χ3n) is 5.30. The zero-order valence-corrected chi connectivity index (χ0v) is 15.1. The van der Waals surface area contributed by atoms with Crippen molar-refractivity contribution in [2.24, 2.45) is 5.92 Å². The van der Waals surface area contributed by atoms with E-state index in [1.54, 1.807) is 41.3 Å². The zero-order chi connectivity index (χ0) is 19.0. The Balaban J connectivity index is 1.50. The van der Waals surface area contributed by atoms with Crippen molar-refractivity contribution >= 4 is 17.7 Å². The number of esters is 1. The number of hydrogen-bond donors (Lipinski definition) is 1. The molecule has 1 fully saturated rings. The van der Waals surface area contributed by atoms with Crippen molar-refractivity contribution in [3.05, 3.63) is 64.1 Å². The van der Waals surface area contributed by atoms with Crippen LogP contribution in [-0.2, 0) is 11.3 Å². The van der Waals surface area contributed by atoms with Crippen molar-refractivity contribution in [2.75, 3.05) is 25.5 Å². The minimum atomic E-state index is -0.444. The van der Waals surface area contributed by atoms with Crippen LogP contribution < -0.4 is 10.9 Å². The first-order chi connectivity index (χ1) is 13.0. The molecule has 3 heterocycles. The first kappa shape index (κ1) is 17.3. The van der Waals surface area contributed by atoms with Gasteiger partial charge < -0.3 is 19.5 Å². The maximum atomic E-state index is 12.8. The van der Waals surface area contributed by atoms with E-state index in [-0.39, 0.29) is 23.4 Å². The lowest BCUT2D eigenvalue weighted by atomic mass is 9.83. The molecule has 2 atom stereocenters. The predicted octanol–water partition coefficient (Wildman–Crippen LogP) is 2.29. The Hall–Kier alpha value is -3.09. The Kier molecular flexibility index (Phi) is 4.43. The maximum Gasteiger partial charge on any atom is 0.337 e. The third kappa shape index (κ3) is 3.32. The van der Waals surface area contributed by atoms with Crippen LogP contribution in [0.1, 0.15) is 28.4 Å². The number of urea groups is 1. The minimum absolute atomic E-state index is 0.0275. The summed E-state index contributed by atoms with van der Waals surface area (Å²) in [6.07, 6.45) is 0.991. The number of pyridine rings is 1. The Bertz CT molecular complexity index is 952. The number of hydrogen-bond acceptors (Lipinski definition) is 4. The number of fused-ring (bicyclic) bond motifs is 4. The molecule has 0 spiro atoms. The number of aromatic nitrogens is 1. The van der Waals surface area contributed by atoms with Crippen LogP contribution in [0, 0.1) is 5.92 Å². The van der Waals surface area contributed by atoms with E-state index in [1.165, 1.54) is 7.11 Å². The number of benzene rings is 1. The molecule has 1 N–H and O–H groups in total. The minimum Gasteiger partial charge on any atom is -0.465 e. The monoisotopic (exact) mass is 367 g/mol. The van der Waals surface area contributed by atoms with Gasteiger partial charge >= 0.3 is 12.0 Å². The molecule has 0 radical (unpaired) electrons. The quantitative estimate of drug-likeness (QED) is 0.826. The summed E-state index contributed by atoms with van der Waals surface area (Å²) in [5.74, 6) is -0.0114. The van der Waals surface area contributed by atoms with E-state index in [0.29, 0.717) is 30.9 Å². The van der Waals surface area contributed by atoms with Gasteiger partial charge in [0.1, 0.15) is 0 Å². The maximum absolute atomic E-state index is 12.8. The standard InChI is InChI=1S/C20H21N3O4/c1-27-19(25)14-4-2-5-16(9-14)21-20(26)22-10-13-8-15(12-22)17-6-3-7-18(24)23(17)11-13/h2-7,9,13,15H,8,10-12H2,1H3,(H,21,26)/t13-,15-/m0/s1. The van der Waals surface area contributed by atoms with Gasteiger partial charge in [0.05, 0.1) is 12.7 Å². The summed E-state index contributed by atoms with van der Waals surface area (Å²) in [4.78, 5) is 38.3. The first-order valence-corrected chi connectivity index (χ1v) is 8.99. The highest BCUT2D eigenvalue weighted by Crippen LogP contribution is 2.35. The van der Waals surface area contributed by atoms with Crippen LogP contribution in [0.3, 0.4) is 0 Å². The van der Waals surface area contributed by atoms with E-state index in [2.05, 4.69) is 5.32 Å². The van der Waals surface area contributed by atoms with Gasteiger partial charge in [-0.1, -0.05) is 12.1 Å². The largest absolute Gasteiger partial charge is 0.465 e. The van der Waals surface area contributed by atoms with E-state index >= 15 is 0 Å². The molecule has 2 aliphatic rings. The number of rotatable bonds is 2. The molecule has 4 rings (SSSR count). The molecule has 7 nitrogen and oxygen atoms in total. The van der Waals surface area contributed by atoms with Gasteiger partial charge in [-0.2, -0.15) is 0 Å². The van der Waals surface area contributed by atoms with Crippen LogP contribution in [0.25, 0.3) is 0 Å². The fourth-order valence-corrected chi connectivity index (χ4v) is 4.11. The SMILES string of the molecule is COC(=O)c1cccc(NC(=O)N2C[C@@H]3C[C@@H](C2)c2cccc(=O)n2C3)c1. The Morgan fingerprint density at radius 1 is 1.11 bits per heavy atom.